The highest BCUT2D eigenvalue weighted by molar-refractivity contribution is 9.10. The summed E-state index contributed by atoms with van der Waals surface area (Å²) in [7, 11) is 0. The SMILES string of the molecule is Cc1ccc(Br)cc1NC(=O)CCNC(=O)CCCNC(=O)OC(C)(C)C. The zero-order chi connectivity index (χ0) is 20.4. The van der Waals surface area contributed by atoms with Crippen LogP contribution in [0.4, 0.5) is 10.5 Å². The molecule has 27 heavy (non-hydrogen) atoms. The molecule has 0 unspecified atom stereocenters. The van der Waals surface area contributed by atoms with E-state index in [0.29, 0.717) is 13.0 Å². The zero-order valence-electron chi connectivity index (χ0n) is 16.3. The van der Waals surface area contributed by atoms with Crippen LogP contribution < -0.4 is 16.0 Å². The molecule has 0 spiro atoms. The Morgan fingerprint density at radius 3 is 2.41 bits per heavy atom. The van der Waals surface area contributed by atoms with Crippen molar-refractivity contribution >= 4 is 39.5 Å². The van der Waals surface area contributed by atoms with Crippen LogP contribution in [0.3, 0.4) is 0 Å². The molecule has 0 saturated carbocycles. The molecule has 8 heteroatoms. The number of benzene rings is 1. The van der Waals surface area contributed by atoms with Crippen molar-refractivity contribution in [2.75, 3.05) is 18.4 Å². The molecule has 0 saturated heterocycles. The molecule has 0 fully saturated rings. The van der Waals surface area contributed by atoms with Crippen molar-refractivity contribution in [3.8, 4) is 0 Å². The van der Waals surface area contributed by atoms with Crippen molar-refractivity contribution in [2.24, 2.45) is 0 Å². The van der Waals surface area contributed by atoms with Crippen LogP contribution in [-0.2, 0) is 14.3 Å². The standard InChI is InChI=1S/C19H28BrN3O4/c1-13-7-8-14(20)12-15(13)23-17(25)9-11-21-16(24)6-5-10-22-18(26)27-19(2,3)4/h7-8,12H,5-6,9-11H2,1-4H3,(H,21,24)(H,22,26)(H,23,25). The number of hydrogen-bond donors (Lipinski definition) is 3. The molecule has 0 aliphatic carbocycles. The average molecular weight is 442 g/mol. The highest BCUT2D eigenvalue weighted by Gasteiger charge is 2.15. The second-order valence-electron chi connectivity index (χ2n) is 7.14. The van der Waals surface area contributed by atoms with E-state index in [9.17, 15) is 14.4 Å². The Morgan fingerprint density at radius 1 is 1.04 bits per heavy atom. The molecule has 1 aromatic rings. The molecule has 0 aliphatic rings. The van der Waals surface area contributed by atoms with E-state index in [4.69, 9.17) is 4.74 Å². The van der Waals surface area contributed by atoms with Crippen LogP contribution in [0.5, 0.6) is 0 Å². The summed E-state index contributed by atoms with van der Waals surface area (Å²) >= 11 is 3.37. The summed E-state index contributed by atoms with van der Waals surface area (Å²) in [6.45, 7) is 7.88. The number of aryl methyl sites for hydroxylation is 1. The van der Waals surface area contributed by atoms with Crippen molar-refractivity contribution in [2.45, 2.75) is 52.6 Å². The number of carbonyl (C=O) groups excluding carboxylic acids is 3. The lowest BCUT2D eigenvalue weighted by molar-refractivity contribution is -0.121. The highest BCUT2D eigenvalue weighted by atomic mass is 79.9. The van der Waals surface area contributed by atoms with E-state index in [1.165, 1.54) is 0 Å². The molecule has 1 aromatic carbocycles. The number of nitrogens with one attached hydrogen (secondary N) is 3. The van der Waals surface area contributed by atoms with E-state index < -0.39 is 11.7 Å². The lowest BCUT2D eigenvalue weighted by Crippen LogP contribution is -2.33. The van der Waals surface area contributed by atoms with Gasteiger partial charge >= 0.3 is 6.09 Å². The Morgan fingerprint density at radius 2 is 1.74 bits per heavy atom. The fourth-order valence-electron chi connectivity index (χ4n) is 2.10. The predicted molar refractivity (Wildman–Crippen MR) is 109 cm³/mol. The third kappa shape index (κ3) is 10.6. The fourth-order valence-corrected chi connectivity index (χ4v) is 2.46. The first-order valence-electron chi connectivity index (χ1n) is 8.86. The number of amides is 3. The van der Waals surface area contributed by atoms with E-state index >= 15 is 0 Å². The van der Waals surface area contributed by atoms with Gasteiger partial charge in [0.05, 0.1) is 0 Å². The Kier molecular flexibility index (Phi) is 9.28. The van der Waals surface area contributed by atoms with Gasteiger partial charge in [-0.2, -0.15) is 0 Å². The van der Waals surface area contributed by atoms with Gasteiger partial charge in [0.15, 0.2) is 0 Å². The smallest absolute Gasteiger partial charge is 0.407 e. The van der Waals surface area contributed by atoms with Crippen LogP contribution in [0.25, 0.3) is 0 Å². The van der Waals surface area contributed by atoms with Crippen LogP contribution in [0, 0.1) is 6.92 Å². The lowest BCUT2D eigenvalue weighted by Gasteiger charge is -2.19. The minimum atomic E-state index is -0.545. The number of anilines is 1. The summed E-state index contributed by atoms with van der Waals surface area (Å²) in [5, 5.41) is 8.12. The van der Waals surface area contributed by atoms with E-state index in [1.54, 1.807) is 20.8 Å². The van der Waals surface area contributed by atoms with Crippen LogP contribution in [0.2, 0.25) is 0 Å². The molecular formula is C19H28BrN3O4. The Bertz CT molecular complexity index is 671. The first kappa shape index (κ1) is 23.0. The maximum absolute atomic E-state index is 12.0. The summed E-state index contributed by atoms with van der Waals surface area (Å²) in [5.41, 5.74) is 1.16. The van der Waals surface area contributed by atoms with Crippen molar-refractivity contribution in [3.63, 3.8) is 0 Å². The molecule has 0 heterocycles. The van der Waals surface area contributed by atoms with E-state index in [1.807, 2.05) is 25.1 Å². The largest absolute Gasteiger partial charge is 0.444 e. The fraction of sp³-hybridized carbons (Fsp3) is 0.526. The summed E-state index contributed by atoms with van der Waals surface area (Å²) in [6.07, 6.45) is 0.451. The van der Waals surface area contributed by atoms with Gasteiger partial charge in [0, 0.05) is 36.1 Å². The van der Waals surface area contributed by atoms with Crippen molar-refractivity contribution in [1.29, 1.82) is 0 Å². The molecule has 0 aliphatic heterocycles. The van der Waals surface area contributed by atoms with Crippen molar-refractivity contribution in [3.05, 3.63) is 28.2 Å². The van der Waals surface area contributed by atoms with E-state index in [-0.39, 0.29) is 31.2 Å². The van der Waals surface area contributed by atoms with Gasteiger partial charge in [-0.3, -0.25) is 9.59 Å². The molecule has 0 atom stereocenters. The van der Waals surface area contributed by atoms with E-state index in [2.05, 4.69) is 31.9 Å². The van der Waals surface area contributed by atoms with Gasteiger partial charge in [-0.15, -0.1) is 0 Å². The lowest BCUT2D eigenvalue weighted by atomic mass is 10.2. The number of hydrogen-bond acceptors (Lipinski definition) is 4. The average Bonchev–Trinajstić information content (AvgIpc) is 2.53. The number of carbonyl (C=O) groups is 3. The molecule has 7 nitrogen and oxygen atoms in total. The number of alkyl carbamates (subject to hydrolysis) is 1. The highest BCUT2D eigenvalue weighted by Crippen LogP contribution is 2.20. The third-order valence-corrected chi connectivity index (χ3v) is 3.89. The number of rotatable bonds is 8. The van der Waals surface area contributed by atoms with Gasteiger partial charge in [-0.25, -0.2) is 4.79 Å². The first-order valence-corrected chi connectivity index (χ1v) is 9.65. The quantitative estimate of drug-likeness (QED) is 0.537. The van der Waals surface area contributed by atoms with Gasteiger partial charge < -0.3 is 20.7 Å². The minimum Gasteiger partial charge on any atom is -0.444 e. The van der Waals surface area contributed by atoms with Gasteiger partial charge in [0.2, 0.25) is 11.8 Å². The van der Waals surface area contributed by atoms with Crippen LogP contribution in [0.1, 0.15) is 45.6 Å². The number of halogens is 1. The molecule has 150 valence electrons. The van der Waals surface area contributed by atoms with Gasteiger partial charge in [-0.05, 0) is 51.8 Å². The molecular weight excluding hydrogens is 414 g/mol. The topological polar surface area (TPSA) is 96.5 Å². The maximum Gasteiger partial charge on any atom is 0.407 e. The van der Waals surface area contributed by atoms with Gasteiger partial charge in [-0.1, -0.05) is 22.0 Å². The summed E-state index contributed by atoms with van der Waals surface area (Å²) < 4.78 is 5.99. The minimum absolute atomic E-state index is 0.160. The van der Waals surface area contributed by atoms with Gasteiger partial charge in [0.1, 0.15) is 5.60 Å². The van der Waals surface area contributed by atoms with Gasteiger partial charge in [0.25, 0.3) is 0 Å². The summed E-state index contributed by atoms with van der Waals surface area (Å²) in [6, 6.07) is 5.65. The molecule has 1 rings (SSSR count). The second-order valence-corrected chi connectivity index (χ2v) is 8.06. The Labute approximate surface area is 168 Å². The van der Waals surface area contributed by atoms with Crippen molar-refractivity contribution < 1.29 is 19.1 Å². The third-order valence-electron chi connectivity index (χ3n) is 3.40. The molecule has 3 amide bonds. The maximum atomic E-state index is 12.0. The normalized spacial score (nSPS) is 10.9. The first-order chi connectivity index (χ1) is 12.6. The predicted octanol–water partition coefficient (Wildman–Crippen LogP) is 3.51. The monoisotopic (exact) mass is 441 g/mol. The molecule has 0 radical (unpaired) electrons. The van der Waals surface area contributed by atoms with E-state index in [0.717, 1.165) is 15.7 Å². The van der Waals surface area contributed by atoms with Crippen LogP contribution >= 0.6 is 15.9 Å². The molecule has 0 bridgehead atoms. The van der Waals surface area contributed by atoms with Crippen molar-refractivity contribution in [1.82, 2.24) is 10.6 Å². The zero-order valence-corrected chi connectivity index (χ0v) is 17.9. The Hall–Kier alpha value is -2.09. The number of ether oxygens (including phenoxy) is 1. The summed E-state index contributed by atoms with van der Waals surface area (Å²) in [4.78, 5) is 35.2. The Balaban J connectivity index is 2.17. The molecule has 0 aromatic heterocycles. The second kappa shape index (κ2) is 10.9. The molecule has 3 N–H and O–H groups in total. The summed E-state index contributed by atoms with van der Waals surface area (Å²) in [5.74, 6) is -0.324. The van der Waals surface area contributed by atoms with Crippen LogP contribution in [0.15, 0.2) is 22.7 Å². The van der Waals surface area contributed by atoms with Crippen LogP contribution in [-0.4, -0.2) is 36.6 Å².